The van der Waals surface area contributed by atoms with E-state index in [-0.39, 0.29) is 0 Å². The van der Waals surface area contributed by atoms with Gasteiger partial charge in [0, 0.05) is 37.4 Å². The third kappa shape index (κ3) is 3.19. The normalized spacial score (nSPS) is 19.2. The molecule has 2 rings (SSSR count). The van der Waals surface area contributed by atoms with Crippen molar-refractivity contribution in [1.29, 1.82) is 0 Å². The number of benzene rings is 1. The zero-order valence-corrected chi connectivity index (χ0v) is 12.2. The van der Waals surface area contributed by atoms with Crippen molar-refractivity contribution >= 4 is 5.69 Å². The molecule has 0 bridgehead atoms. The Labute approximate surface area is 116 Å². The van der Waals surface area contributed by atoms with E-state index in [1.165, 1.54) is 24.1 Å². The second-order valence-electron chi connectivity index (χ2n) is 5.45. The van der Waals surface area contributed by atoms with Crippen LogP contribution >= 0.6 is 0 Å². The van der Waals surface area contributed by atoms with Crippen LogP contribution in [0, 0.1) is 0 Å². The smallest absolute Gasteiger partial charge is 0.120 e. The highest BCUT2D eigenvalue weighted by Gasteiger charge is 2.26. The number of nitrogens with zero attached hydrogens (tertiary/aromatic N) is 2. The average molecular weight is 263 g/mol. The molecule has 0 saturated carbocycles. The van der Waals surface area contributed by atoms with Gasteiger partial charge in [0.25, 0.3) is 0 Å². The summed E-state index contributed by atoms with van der Waals surface area (Å²) in [6, 6.07) is 6.77. The van der Waals surface area contributed by atoms with Gasteiger partial charge in [-0.1, -0.05) is 6.07 Å². The summed E-state index contributed by atoms with van der Waals surface area (Å²) in [7, 11) is 5.97. The maximum atomic E-state index is 5.88. The van der Waals surface area contributed by atoms with E-state index >= 15 is 0 Å². The van der Waals surface area contributed by atoms with Crippen LogP contribution in [0.5, 0.6) is 5.75 Å². The Morgan fingerprint density at radius 2 is 2.21 bits per heavy atom. The number of anilines is 1. The standard InChI is InChI=1S/C15H25N3O/c1-17(2)11-13-5-4-8-18(13)15-9-14(19-3)7-6-12(15)10-16/h6-7,9,13H,4-5,8,10-11,16H2,1-3H3. The Balaban J connectivity index is 2.28. The van der Waals surface area contributed by atoms with Crippen molar-refractivity contribution in [2.75, 3.05) is 39.2 Å². The summed E-state index contributed by atoms with van der Waals surface area (Å²) in [5, 5.41) is 0. The van der Waals surface area contributed by atoms with E-state index in [9.17, 15) is 0 Å². The third-order valence-electron chi connectivity index (χ3n) is 3.77. The van der Waals surface area contributed by atoms with Crippen molar-refractivity contribution < 1.29 is 4.74 Å². The number of ether oxygens (including phenoxy) is 1. The van der Waals surface area contributed by atoms with Crippen LogP contribution < -0.4 is 15.4 Å². The SMILES string of the molecule is COc1ccc(CN)c(N2CCCC2CN(C)C)c1. The fourth-order valence-electron chi connectivity index (χ4n) is 2.87. The lowest BCUT2D eigenvalue weighted by Gasteiger charge is -2.30. The molecule has 1 heterocycles. The van der Waals surface area contributed by atoms with Crippen molar-refractivity contribution in [3.8, 4) is 5.75 Å². The number of hydrogen-bond acceptors (Lipinski definition) is 4. The number of methoxy groups -OCH3 is 1. The van der Waals surface area contributed by atoms with Gasteiger partial charge < -0.3 is 20.3 Å². The van der Waals surface area contributed by atoms with Gasteiger partial charge in [-0.25, -0.2) is 0 Å². The molecule has 0 amide bonds. The van der Waals surface area contributed by atoms with E-state index in [1.54, 1.807) is 7.11 Å². The van der Waals surface area contributed by atoms with Gasteiger partial charge in [0.15, 0.2) is 0 Å². The molecule has 1 aliphatic heterocycles. The first-order valence-corrected chi connectivity index (χ1v) is 6.94. The van der Waals surface area contributed by atoms with Crippen molar-refractivity contribution in [1.82, 2.24) is 4.90 Å². The van der Waals surface area contributed by atoms with Gasteiger partial charge in [0.05, 0.1) is 7.11 Å². The Morgan fingerprint density at radius 1 is 1.42 bits per heavy atom. The van der Waals surface area contributed by atoms with Crippen LogP contribution in [0.4, 0.5) is 5.69 Å². The summed E-state index contributed by atoms with van der Waals surface area (Å²) < 4.78 is 5.35. The molecule has 1 aromatic rings. The Morgan fingerprint density at radius 3 is 2.84 bits per heavy atom. The highest BCUT2D eigenvalue weighted by molar-refractivity contribution is 5.58. The minimum Gasteiger partial charge on any atom is -0.497 e. The van der Waals surface area contributed by atoms with Gasteiger partial charge in [0.2, 0.25) is 0 Å². The molecular formula is C15H25N3O. The maximum absolute atomic E-state index is 5.88. The van der Waals surface area contributed by atoms with E-state index in [4.69, 9.17) is 10.5 Å². The van der Waals surface area contributed by atoms with Gasteiger partial charge in [-0.3, -0.25) is 0 Å². The summed E-state index contributed by atoms with van der Waals surface area (Å²) in [4.78, 5) is 4.75. The summed E-state index contributed by atoms with van der Waals surface area (Å²) in [5.74, 6) is 0.905. The van der Waals surface area contributed by atoms with Crippen LogP contribution in [0.2, 0.25) is 0 Å². The van der Waals surface area contributed by atoms with Crippen LogP contribution in [0.3, 0.4) is 0 Å². The van der Waals surface area contributed by atoms with Crippen LogP contribution in [-0.4, -0.2) is 45.2 Å². The lowest BCUT2D eigenvalue weighted by Crippen LogP contribution is -2.38. The van der Waals surface area contributed by atoms with E-state index in [2.05, 4.69) is 36.0 Å². The molecule has 4 nitrogen and oxygen atoms in total. The molecule has 0 spiro atoms. The van der Waals surface area contributed by atoms with Crippen molar-refractivity contribution in [2.45, 2.75) is 25.4 Å². The third-order valence-corrected chi connectivity index (χ3v) is 3.77. The van der Waals surface area contributed by atoms with Crippen molar-refractivity contribution in [2.24, 2.45) is 5.73 Å². The molecule has 0 aromatic heterocycles. The monoisotopic (exact) mass is 263 g/mol. The fourth-order valence-corrected chi connectivity index (χ4v) is 2.87. The number of hydrogen-bond donors (Lipinski definition) is 1. The summed E-state index contributed by atoms with van der Waals surface area (Å²) in [6.07, 6.45) is 2.50. The van der Waals surface area contributed by atoms with Gasteiger partial charge in [-0.05, 0) is 38.6 Å². The van der Waals surface area contributed by atoms with Crippen LogP contribution in [0.25, 0.3) is 0 Å². The first-order chi connectivity index (χ1) is 9.15. The summed E-state index contributed by atoms with van der Waals surface area (Å²) in [5.41, 5.74) is 8.32. The second-order valence-corrected chi connectivity index (χ2v) is 5.45. The lowest BCUT2D eigenvalue weighted by atomic mass is 10.1. The summed E-state index contributed by atoms with van der Waals surface area (Å²) >= 11 is 0. The van der Waals surface area contributed by atoms with Gasteiger partial charge >= 0.3 is 0 Å². The molecule has 0 aliphatic carbocycles. The molecule has 106 valence electrons. The topological polar surface area (TPSA) is 41.7 Å². The molecule has 1 unspecified atom stereocenters. The van der Waals surface area contributed by atoms with E-state index < -0.39 is 0 Å². The van der Waals surface area contributed by atoms with Crippen LogP contribution in [0.1, 0.15) is 18.4 Å². The molecule has 1 saturated heterocycles. The first kappa shape index (κ1) is 14.2. The van der Waals surface area contributed by atoms with Crippen LogP contribution in [-0.2, 0) is 6.54 Å². The molecule has 1 fully saturated rings. The van der Waals surface area contributed by atoms with E-state index in [0.29, 0.717) is 12.6 Å². The molecule has 1 aromatic carbocycles. The van der Waals surface area contributed by atoms with Gasteiger partial charge in [0.1, 0.15) is 5.75 Å². The van der Waals surface area contributed by atoms with Gasteiger partial charge in [-0.15, -0.1) is 0 Å². The average Bonchev–Trinajstić information content (AvgIpc) is 2.85. The fraction of sp³-hybridized carbons (Fsp3) is 0.600. The highest BCUT2D eigenvalue weighted by atomic mass is 16.5. The van der Waals surface area contributed by atoms with Crippen molar-refractivity contribution in [3.05, 3.63) is 23.8 Å². The minimum atomic E-state index is 0.574. The van der Waals surface area contributed by atoms with Crippen molar-refractivity contribution in [3.63, 3.8) is 0 Å². The van der Waals surface area contributed by atoms with E-state index in [1.807, 2.05) is 6.07 Å². The molecule has 0 radical (unpaired) electrons. The number of likely N-dealkylation sites (N-methyl/N-ethyl adjacent to an activating group) is 1. The second kappa shape index (κ2) is 6.26. The summed E-state index contributed by atoms with van der Waals surface area (Å²) in [6.45, 7) is 2.77. The molecule has 4 heteroatoms. The predicted octanol–water partition coefficient (Wildman–Crippen LogP) is 1.68. The lowest BCUT2D eigenvalue weighted by molar-refractivity contribution is 0.371. The Hall–Kier alpha value is -1.26. The Kier molecular flexibility index (Phi) is 4.66. The minimum absolute atomic E-state index is 0.574. The molecule has 1 aliphatic rings. The van der Waals surface area contributed by atoms with Gasteiger partial charge in [-0.2, -0.15) is 0 Å². The molecular weight excluding hydrogens is 238 g/mol. The van der Waals surface area contributed by atoms with E-state index in [0.717, 1.165) is 18.8 Å². The number of rotatable bonds is 5. The van der Waals surface area contributed by atoms with Crippen LogP contribution in [0.15, 0.2) is 18.2 Å². The first-order valence-electron chi connectivity index (χ1n) is 6.94. The molecule has 1 atom stereocenters. The highest BCUT2D eigenvalue weighted by Crippen LogP contribution is 2.32. The Bertz CT molecular complexity index is 420. The predicted molar refractivity (Wildman–Crippen MR) is 79.8 cm³/mol. The zero-order valence-electron chi connectivity index (χ0n) is 12.2. The maximum Gasteiger partial charge on any atom is 0.120 e. The molecule has 19 heavy (non-hydrogen) atoms. The number of nitrogens with two attached hydrogens (primary N) is 1. The molecule has 2 N–H and O–H groups in total. The largest absolute Gasteiger partial charge is 0.497 e. The quantitative estimate of drug-likeness (QED) is 0.877. The zero-order chi connectivity index (χ0) is 13.8.